The normalized spacial score (nSPS) is 12.8. The highest BCUT2D eigenvalue weighted by Crippen LogP contribution is 2.19. The van der Waals surface area contributed by atoms with Crippen molar-refractivity contribution in [2.45, 2.75) is 411 Å². The molecule has 482 valence electrons. The van der Waals surface area contributed by atoms with Crippen LogP contribution in [0.1, 0.15) is 399 Å². The maximum absolute atomic E-state index is 12.5. The van der Waals surface area contributed by atoms with Crippen molar-refractivity contribution in [3.63, 3.8) is 0 Å². The molecular weight excluding hydrogens is 1010 g/mol. The van der Waals surface area contributed by atoms with E-state index in [1.54, 1.807) is 6.08 Å². The van der Waals surface area contributed by atoms with Crippen LogP contribution >= 0.6 is 0 Å². The zero-order valence-electron chi connectivity index (χ0n) is 55.2. The monoisotopic (exact) mass is 1150 g/mol. The number of ether oxygens (including phenoxy) is 1. The first-order chi connectivity index (χ1) is 40.5. The number of aliphatic hydroxyl groups excluding tert-OH is 2. The fourth-order valence-electron chi connectivity index (χ4n) is 11.4. The van der Waals surface area contributed by atoms with Crippen LogP contribution in [0.15, 0.2) is 48.6 Å². The lowest BCUT2D eigenvalue weighted by molar-refractivity contribution is -0.143. The highest BCUT2D eigenvalue weighted by molar-refractivity contribution is 5.76. The van der Waals surface area contributed by atoms with Crippen molar-refractivity contribution in [1.29, 1.82) is 0 Å². The van der Waals surface area contributed by atoms with Crippen LogP contribution in [0.3, 0.4) is 0 Å². The highest BCUT2D eigenvalue weighted by Gasteiger charge is 2.18. The number of carbonyl (C=O) groups is 2. The molecule has 3 N–H and O–H groups in total. The van der Waals surface area contributed by atoms with Gasteiger partial charge in [-0.05, 0) is 83.5 Å². The summed E-state index contributed by atoms with van der Waals surface area (Å²) >= 11 is 0. The largest absolute Gasteiger partial charge is 0.466 e. The molecule has 0 aliphatic rings. The molecule has 0 aromatic heterocycles. The van der Waals surface area contributed by atoms with Crippen LogP contribution in [-0.4, -0.2) is 47.4 Å². The molecule has 0 heterocycles. The van der Waals surface area contributed by atoms with Crippen LogP contribution < -0.4 is 5.32 Å². The Morgan fingerprint density at radius 2 is 0.622 bits per heavy atom. The number of allylic oxidation sites excluding steroid dienone is 7. The molecule has 0 rings (SSSR count). The van der Waals surface area contributed by atoms with E-state index in [1.165, 1.54) is 321 Å². The second-order valence-corrected chi connectivity index (χ2v) is 25.3. The fraction of sp³-hybridized carbons (Fsp3) is 0.868. The average molecular weight is 1150 g/mol. The van der Waals surface area contributed by atoms with Gasteiger partial charge in [-0.2, -0.15) is 0 Å². The van der Waals surface area contributed by atoms with Gasteiger partial charge in [0.2, 0.25) is 5.91 Å². The second-order valence-electron chi connectivity index (χ2n) is 25.3. The summed E-state index contributed by atoms with van der Waals surface area (Å²) in [6.07, 6.45) is 93.4. The Morgan fingerprint density at radius 1 is 0.341 bits per heavy atom. The maximum Gasteiger partial charge on any atom is 0.305 e. The first-order valence-corrected chi connectivity index (χ1v) is 36.9. The van der Waals surface area contributed by atoms with Crippen LogP contribution in [0.4, 0.5) is 0 Å². The molecule has 2 atom stereocenters. The number of amides is 1. The maximum atomic E-state index is 12.5. The lowest BCUT2D eigenvalue weighted by Gasteiger charge is -2.20. The summed E-state index contributed by atoms with van der Waals surface area (Å²) in [5.41, 5.74) is 0. The van der Waals surface area contributed by atoms with E-state index in [1.807, 2.05) is 6.08 Å². The number of aliphatic hydroxyl groups is 2. The summed E-state index contributed by atoms with van der Waals surface area (Å²) in [6, 6.07) is -0.631. The Balaban J connectivity index is 3.42. The quantitative estimate of drug-likeness (QED) is 0.0320. The van der Waals surface area contributed by atoms with E-state index in [0.717, 1.165) is 51.4 Å². The molecular formula is C76H143NO5. The van der Waals surface area contributed by atoms with Gasteiger partial charge in [0.25, 0.3) is 0 Å². The first-order valence-electron chi connectivity index (χ1n) is 36.9. The number of unbranched alkanes of at least 4 members (excludes halogenated alkanes) is 52. The number of esters is 1. The smallest absolute Gasteiger partial charge is 0.305 e. The molecule has 0 aromatic carbocycles. The zero-order chi connectivity index (χ0) is 59.2. The fourth-order valence-corrected chi connectivity index (χ4v) is 11.4. The summed E-state index contributed by atoms with van der Waals surface area (Å²) in [5, 5.41) is 23.3. The third-order valence-electron chi connectivity index (χ3n) is 17.1. The molecule has 2 unspecified atom stereocenters. The van der Waals surface area contributed by atoms with Crippen molar-refractivity contribution in [3.05, 3.63) is 48.6 Å². The Bertz CT molecular complexity index is 1370. The molecule has 0 aromatic rings. The molecule has 0 saturated heterocycles. The molecule has 6 nitrogen and oxygen atoms in total. The summed E-state index contributed by atoms with van der Waals surface area (Å²) in [4.78, 5) is 24.6. The van der Waals surface area contributed by atoms with Gasteiger partial charge in [0, 0.05) is 12.8 Å². The van der Waals surface area contributed by atoms with Gasteiger partial charge in [0.15, 0.2) is 0 Å². The van der Waals surface area contributed by atoms with Crippen LogP contribution in [0.2, 0.25) is 0 Å². The van der Waals surface area contributed by atoms with Crippen LogP contribution in [0.25, 0.3) is 0 Å². The van der Waals surface area contributed by atoms with Gasteiger partial charge in [-0.1, -0.05) is 351 Å². The molecule has 0 spiro atoms. The SMILES string of the molecule is CCCC/C=C\C/C=C\CCCCCCCC(=O)OCCCCCCCCCCCCCC/C=C\CCCCCCCCCCCCCC(=O)NC(CO)C(O)/C=C/CCCCCCCCCCCCCCCCCCCCCCCC. The zero-order valence-corrected chi connectivity index (χ0v) is 55.2. The average Bonchev–Trinajstić information content (AvgIpc) is 3.48. The molecule has 0 aliphatic heterocycles. The van der Waals surface area contributed by atoms with Gasteiger partial charge in [-0.3, -0.25) is 9.59 Å². The predicted octanol–water partition coefficient (Wildman–Crippen LogP) is 24.0. The minimum absolute atomic E-state index is 0.000338. The number of hydrogen-bond acceptors (Lipinski definition) is 5. The molecule has 0 bridgehead atoms. The van der Waals surface area contributed by atoms with Crippen molar-refractivity contribution >= 4 is 11.9 Å². The summed E-state index contributed by atoms with van der Waals surface area (Å²) in [7, 11) is 0. The van der Waals surface area contributed by atoms with Crippen LogP contribution in [0, 0.1) is 0 Å². The Hall–Kier alpha value is -2.18. The predicted molar refractivity (Wildman–Crippen MR) is 361 cm³/mol. The third-order valence-corrected chi connectivity index (χ3v) is 17.1. The van der Waals surface area contributed by atoms with Crippen molar-refractivity contribution in [1.82, 2.24) is 5.32 Å². The highest BCUT2D eigenvalue weighted by atomic mass is 16.5. The van der Waals surface area contributed by atoms with Gasteiger partial charge in [-0.15, -0.1) is 0 Å². The van der Waals surface area contributed by atoms with E-state index in [9.17, 15) is 19.8 Å². The number of nitrogens with one attached hydrogen (secondary N) is 1. The van der Waals surface area contributed by atoms with Crippen molar-refractivity contribution in [3.8, 4) is 0 Å². The number of carbonyl (C=O) groups excluding carboxylic acids is 2. The van der Waals surface area contributed by atoms with E-state index in [2.05, 4.69) is 55.6 Å². The van der Waals surface area contributed by atoms with Crippen LogP contribution in [0.5, 0.6) is 0 Å². The Kier molecular flexibility index (Phi) is 69.4. The van der Waals surface area contributed by atoms with E-state index >= 15 is 0 Å². The lowest BCUT2D eigenvalue weighted by Crippen LogP contribution is -2.45. The minimum atomic E-state index is -0.847. The molecule has 0 fully saturated rings. The Labute approximate surface area is 512 Å². The van der Waals surface area contributed by atoms with Gasteiger partial charge in [0.1, 0.15) is 0 Å². The van der Waals surface area contributed by atoms with Gasteiger partial charge >= 0.3 is 5.97 Å². The molecule has 0 aliphatic carbocycles. The third kappa shape index (κ3) is 67.0. The van der Waals surface area contributed by atoms with E-state index in [4.69, 9.17) is 4.74 Å². The summed E-state index contributed by atoms with van der Waals surface area (Å²) < 4.78 is 5.48. The number of hydrogen-bond donors (Lipinski definition) is 3. The standard InChI is InChI=1S/C76H143NO5/c1-3-5-7-9-11-13-15-17-19-20-21-22-23-29-32-35-38-41-44-48-52-56-60-64-68-74(79)73(72-78)77-75(80)69-65-61-57-53-49-45-42-39-36-33-30-27-25-24-26-28-31-34-37-40-43-47-51-55-59-63-67-71-82-76(81)70-66-62-58-54-50-46-18-16-14-12-10-8-6-4-2/h10,12,16,18,24-25,64,68,73-74,78-79H,3-9,11,13-15,17,19-23,26-63,65-67,69-72H2,1-2H3,(H,77,80)/b12-10-,18-16-,25-24-,68-64+. The topological polar surface area (TPSA) is 95.9 Å². The van der Waals surface area contributed by atoms with E-state index in [-0.39, 0.29) is 18.5 Å². The van der Waals surface area contributed by atoms with Crippen molar-refractivity contribution < 1.29 is 24.5 Å². The lowest BCUT2D eigenvalue weighted by atomic mass is 10.0. The van der Waals surface area contributed by atoms with Crippen LogP contribution in [-0.2, 0) is 14.3 Å². The Morgan fingerprint density at radius 3 is 0.976 bits per heavy atom. The van der Waals surface area contributed by atoms with Crippen molar-refractivity contribution in [2.75, 3.05) is 13.2 Å². The molecule has 0 saturated carbocycles. The van der Waals surface area contributed by atoms with Crippen molar-refractivity contribution in [2.24, 2.45) is 0 Å². The minimum Gasteiger partial charge on any atom is -0.466 e. The molecule has 0 radical (unpaired) electrons. The summed E-state index contributed by atoms with van der Waals surface area (Å²) in [5.74, 6) is -0.0647. The van der Waals surface area contributed by atoms with Gasteiger partial charge in [0.05, 0.1) is 25.4 Å². The molecule has 1 amide bonds. The molecule has 6 heteroatoms. The first kappa shape index (κ1) is 79.8. The number of rotatable bonds is 69. The van der Waals surface area contributed by atoms with Gasteiger partial charge in [-0.25, -0.2) is 0 Å². The van der Waals surface area contributed by atoms with Gasteiger partial charge < -0.3 is 20.3 Å². The second kappa shape index (κ2) is 71.3. The molecule has 82 heavy (non-hydrogen) atoms. The van der Waals surface area contributed by atoms with E-state index in [0.29, 0.717) is 19.4 Å². The van der Waals surface area contributed by atoms with E-state index < -0.39 is 12.1 Å². The summed E-state index contributed by atoms with van der Waals surface area (Å²) in [6.45, 7) is 4.89.